The van der Waals surface area contributed by atoms with E-state index in [1.165, 1.54) is 4.86 Å². The maximum atomic E-state index is 9.55. The summed E-state index contributed by atoms with van der Waals surface area (Å²) >= 11 is 1.87. The normalized spacial score (nSPS) is 8.17. The largest absolute Gasteiger partial charge is 0.289 e. The topological polar surface area (TPSA) is 34.1 Å². The summed E-state index contributed by atoms with van der Waals surface area (Å²) in [6.07, 6.45) is 0. The van der Waals surface area contributed by atoms with Gasteiger partial charge < -0.3 is 0 Å². The van der Waals surface area contributed by atoms with Gasteiger partial charge in [0.1, 0.15) is 0 Å². The highest BCUT2D eigenvalue weighted by Crippen LogP contribution is 1.93. The van der Waals surface area contributed by atoms with Crippen molar-refractivity contribution in [1.82, 2.24) is 0 Å². The summed E-state index contributed by atoms with van der Waals surface area (Å²) in [5.41, 5.74) is 0. The lowest BCUT2D eigenvalue weighted by molar-refractivity contribution is 0.628. The van der Waals surface area contributed by atoms with E-state index in [0.717, 1.165) is 0 Å². The third-order valence-electron chi connectivity index (χ3n) is 0.126. The lowest BCUT2D eigenvalue weighted by atomic mass is 10.8. The standard InChI is InChI=1S/BIO2PS/c2-1-5-6(3)4. The van der Waals surface area contributed by atoms with E-state index in [9.17, 15) is 8.42 Å². The highest BCUT2D eigenvalue weighted by molar-refractivity contribution is 14.1. The molecule has 2 nitrogen and oxygen atoms in total. The molecule has 6 heteroatoms. The van der Waals surface area contributed by atoms with Gasteiger partial charge >= 0.3 is 0 Å². The van der Waals surface area contributed by atoms with Crippen molar-refractivity contribution in [3.63, 3.8) is 0 Å². The van der Waals surface area contributed by atoms with E-state index in [-0.39, 0.29) is 0 Å². The van der Waals surface area contributed by atoms with Gasteiger partial charge in [-0.2, -0.15) is 8.42 Å². The molecule has 0 N–H and O–H groups in total. The molecule has 0 saturated carbocycles. The molecular weight excluding hydrogens is 233 g/mol. The van der Waals surface area contributed by atoms with Crippen molar-refractivity contribution in [3.8, 4) is 0 Å². The Kier molecular flexibility index (Phi) is 4.71. The van der Waals surface area contributed by atoms with Gasteiger partial charge in [-0.3, -0.25) is 0 Å². The van der Waals surface area contributed by atoms with Crippen LogP contribution in [0.2, 0.25) is 0 Å². The maximum absolute atomic E-state index is 9.55. The minimum Gasteiger partial charge on any atom is -0.181 e. The van der Waals surface area contributed by atoms with Gasteiger partial charge in [0.25, 0.3) is 4.86 Å². The molecule has 0 aromatic carbocycles. The molecule has 0 atom stereocenters. The van der Waals surface area contributed by atoms with Crippen LogP contribution in [0, 0.1) is 0 Å². The van der Waals surface area contributed by atoms with Crippen LogP contribution < -0.4 is 0 Å². The molecular formula is BIO2PS. The molecule has 0 amide bonds. The number of hydrogen-bond donors (Lipinski definition) is 0. The number of hydrogen-bond acceptors (Lipinski definition) is 2. The van der Waals surface area contributed by atoms with Crippen molar-refractivity contribution in [1.29, 1.82) is 0 Å². The van der Waals surface area contributed by atoms with Crippen LogP contribution in [0.3, 0.4) is 0 Å². The Labute approximate surface area is 52.8 Å². The van der Waals surface area contributed by atoms with Gasteiger partial charge in [0.05, 0.1) is 0 Å². The Hall–Kier alpha value is 0.915. The fourth-order valence-electron chi connectivity index (χ4n) is 0.0325. The Balaban J connectivity index is 3.78. The van der Waals surface area contributed by atoms with Gasteiger partial charge in [-0.25, -0.2) is 0 Å². The van der Waals surface area contributed by atoms with Gasteiger partial charge in [-0.15, -0.1) is 22.4 Å². The Morgan fingerprint density at radius 3 is 2.17 bits per heavy atom. The van der Waals surface area contributed by atoms with Crippen molar-refractivity contribution in [2.45, 2.75) is 0 Å². The van der Waals surface area contributed by atoms with E-state index < -0.39 is 9.88 Å². The molecule has 0 aromatic rings. The monoisotopic (exact) mass is 233 g/mol. The highest BCUT2D eigenvalue weighted by Gasteiger charge is 1.69. The molecule has 33 valence electrons. The SMILES string of the molecule is O=S(=O)=P[B]I. The fourth-order valence-corrected chi connectivity index (χ4v) is 1.96. The van der Waals surface area contributed by atoms with Crippen LogP contribution in [-0.2, 0) is 9.88 Å². The molecule has 1 radical (unpaired) electrons. The molecule has 0 aliphatic rings. The summed E-state index contributed by atoms with van der Waals surface area (Å²) in [6, 6.07) is 0. The smallest absolute Gasteiger partial charge is 0.181 e. The second-order valence-corrected chi connectivity index (χ2v) is 4.46. The first kappa shape index (κ1) is 6.91. The third kappa shape index (κ3) is 4.91. The van der Waals surface area contributed by atoms with Crippen LogP contribution in [0.5, 0.6) is 0 Å². The molecule has 0 unspecified atom stereocenters. The molecule has 0 bridgehead atoms. The van der Waals surface area contributed by atoms with Gasteiger partial charge in [0.15, 0.2) is 0 Å². The van der Waals surface area contributed by atoms with Crippen molar-refractivity contribution in [2.24, 2.45) is 0 Å². The second kappa shape index (κ2) is 4.08. The Morgan fingerprint density at radius 1 is 1.67 bits per heavy atom. The quantitative estimate of drug-likeness (QED) is 0.379. The van der Waals surface area contributed by atoms with Crippen LogP contribution >= 0.6 is 29.6 Å². The number of rotatable bonds is 1. The molecule has 0 aliphatic carbocycles. The van der Waals surface area contributed by atoms with E-state index in [2.05, 4.69) is 0 Å². The van der Waals surface area contributed by atoms with Gasteiger partial charge in [-0.05, 0) is 7.23 Å². The fraction of sp³-hybridized carbons (Fsp3) is 0. The average Bonchev–Trinajstić information content (AvgIpc) is 1.35. The van der Waals surface area contributed by atoms with Crippen LogP contribution in [0.25, 0.3) is 0 Å². The molecule has 6 heavy (non-hydrogen) atoms. The summed E-state index contributed by atoms with van der Waals surface area (Å²) in [5.74, 6) is 0. The van der Waals surface area contributed by atoms with E-state index in [0.29, 0.717) is 7.23 Å². The van der Waals surface area contributed by atoms with Crippen LogP contribution in [-0.4, -0.2) is 13.3 Å². The molecule has 0 aromatic heterocycles. The van der Waals surface area contributed by atoms with Crippen LogP contribution in [0.15, 0.2) is 0 Å². The average molecular weight is 233 g/mol. The van der Waals surface area contributed by atoms with Gasteiger partial charge in [-0.1, -0.05) is 0 Å². The molecule has 0 rings (SSSR count). The molecule has 0 fully saturated rings. The first-order valence-corrected chi connectivity index (χ1v) is 4.88. The summed E-state index contributed by atoms with van der Waals surface area (Å²) in [4.78, 5) is 1.53. The van der Waals surface area contributed by atoms with Crippen molar-refractivity contribution in [2.75, 3.05) is 0 Å². The summed E-state index contributed by atoms with van der Waals surface area (Å²) in [7, 11) is -1.55. The minimum atomic E-state index is -1.91. The van der Waals surface area contributed by atoms with Crippen LogP contribution in [0.4, 0.5) is 0 Å². The Morgan fingerprint density at radius 2 is 2.17 bits per heavy atom. The van der Waals surface area contributed by atoms with Crippen molar-refractivity contribution in [3.05, 3.63) is 0 Å². The van der Waals surface area contributed by atoms with Crippen molar-refractivity contribution >= 4 is 44.3 Å². The van der Waals surface area contributed by atoms with E-state index in [1.807, 2.05) is 22.4 Å². The summed E-state index contributed by atoms with van der Waals surface area (Å²) in [5, 5.41) is 0. The first-order chi connectivity index (χ1) is 2.77. The minimum absolute atomic E-state index is 0.357. The zero-order valence-corrected chi connectivity index (χ0v) is 6.50. The molecule has 0 heterocycles. The Bertz CT molecular complexity index is 128. The predicted molar refractivity (Wildman–Crippen MR) is 35.6 cm³/mol. The molecule has 0 spiro atoms. The predicted octanol–water partition coefficient (Wildman–Crippen LogP) is 0.696. The zero-order chi connectivity index (χ0) is 4.99. The molecule has 0 saturated heterocycles. The lowest BCUT2D eigenvalue weighted by Crippen LogP contribution is -1.47. The lowest BCUT2D eigenvalue weighted by Gasteiger charge is -1.49. The van der Waals surface area contributed by atoms with Gasteiger partial charge in [0.2, 0.25) is 9.88 Å². The van der Waals surface area contributed by atoms with E-state index in [1.54, 1.807) is 0 Å². The first-order valence-electron chi connectivity index (χ1n) is 0.992. The summed E-state index contributed by atoms with van der Waals surface area (Å²) in [6.45, 7) is 0. The van der Waals surface area contributed by atoms with Crippen LogP contribution in [0.1, 0.15) is 0 Å². The highest BCUT2D eigenvalue weighted by atomic mass is 127. The summed E-state index contributed by atoms with van der Waals surface area (Å²) < 4.78 is 19.1. The van der Waals surface area contributed by atoms with Gasteiger partial charge in [0, 0.05) is 0 Å². The van der Waals surface area contributed by atoms with E-state index in [4.69, 9.17) is 0 Å². The maximum Gasteiger partial charge on any atom is 0.289 e. The number of halogens is 1. The van der Waals surface area contributed by atoms with Crippen molar-refractivity contribution < 1.29 is 8.42 Å². The third-order valence-corrected chi connectivity index (χ3v) is 3.18. The second-order valence-electron chi connectivity index (χ2n) is 0.420. The zero-order valence-electron chi connectivity index (χ0n) is 2.63. The molecule has 0 aliphatic heterocycles. The van der Waals surface area contributed by atoms with E-state index >= 15 is 0 Å².